The average Bonchev–Trinajstić information content (AvgIpc) is 3.54. The molecule has 1 saturated heterocycles. The van der Waals surface area contributed by atoms with E-state index in [0.717, 1.165) is 0 Å². The number of nitrogens with one attached hydrogen (secondary N) is 3. The quantitative estimate of drug-likeness (QED) is 0.173. The third kappa shape index (κ3) is 10.9. The van der Waals surface area contributed by atoms with Gasteiger partial charge in [-0.1, -0.05) is 61.0 Å². The molecule has 1 aliphatic rings. The molecule has 2 rings (SSSR count). The van der Waals surface area contributed by atoms with E-state index in [2.05, 4.69) is 16.0 Å². The van der Waals surface area contributed by atoms with E-state index in [9.17, 15) is 33.1 Å². The molecule has 0 spiro atoms. The van der Waals surface area contributed by atoms with E-state index in [0.29, 0.717) is 25.8 Å². The van der Waals surface area contributed by atoms with Crippen molar-refractivity contribution in [2.75, 3.05) is 34.3 Å². The standard InChI is InChI=1S/C37H61F2N5O6/c1-11-23(6)33(43(9)37(49)32(22(4)5)42-36(48)31(40-8)21(2)3)29(45)20-30(46)44-19-13-16-28(44)34(50-10)24(7)35(47)41-18-17-25-26(38)14-12-15-27(25)39/h12,14-15,21-24,28-29,31-34,40,45H,11,13,16-20H2,1-10H3,(H,41,47)(H,42,48)/t23-,24+,28-,29+,31-,32-,33-,34+/m0/s1. The molecule has 4 N–H and O–H groups in total. The predicted molar refractivity (Wildman–Crippen MR) is 189 cm³/mol. The number of nitrogens with zero attached hydrogens (tertiary/aromatic N) is 2. The van der Waals surface area contributed by atoms with Crippen LogP contribution in [0, 0.1) is 35.3 Å². The summed E-state index contributed by atoms with van der Waals surface area (Å²) in [5.41, 5.74) is -0.101. The molecule has 50 heavy (non-hydrogen) atoms. The highest BCUT2D eigenvalue weighted by atomic mass is 19.1. The number of methoxy groups -OCH3 is 1. The fraction of sp³-hybridized carbons (Fsp3) is 0.730. The monoisotopic (exact) mass is 709 g/mol. The Balaban J connectivity index is 2.16. The zero-order valence-electron chi connectivity index (χ0n) is 31.6. The van der Waals surface area contributed by atoms with Crippen LogP contribution in [0.5, 0.6) is 0 Å². The summed E-state index contributed by atoms with van der Waals surface area (Å²) in [5.74, 6) is -3.75. The molecule has 0 saturated carbocycles. The number of halogens is 2. The van der Waals surface area contributed by atoms with Gasteiger partial charge in [-0.25, -0.2) is 8.78 Å². The topological polar surface area (TPSA) is 140 Å². The molecule has 0 aliphatic carbocycles. The van der Waals surface area contributed by atoms with Crippen LogP contribution in [0.4, 0.5) is 8.78 Å². The Labute approximate surface area is 297 Å². The van der Waals surface area contributed by atoms with Crippen LogP contribution in [0.15, 0.2) is 18.2 Å². The number of rotatable bonds is 19. The number of likely N-dealkylation sites (tertiary alicyclic amines) is 1. The van der Waals surface area contributed by atoms with Gasteiger partial charge in [0, 0.05) is 32.8 Å². The van der Waals surface area contributed by atoms with E-state index in [1.807, 2.05) is 41.5 Å². The fourth-order valence-electron chi connectivity index (χ4n) is 7.10. The summed E-state index contributed by atoms with van der Waals surface area (Å²) >= 11 is 0. The van der Waals surface area contributed by atoms with Crippen LogP contribution in [-0.2, 0) is 30.3 Å². The van der Waals surface area contributed by atoms with Gasteiger partial charge >= 0.3 is 0 Å². The summed E-state index contributed by atoms with van der Waals surface area (Å²) in [6, 6.07) is 1.17. The van der Waals surface area contributed by atoms with Gasteiger partial charge < -0.3 is 35.6 Å². The second kappa shape index (κ2) is 20.0. The number of hydrogen-bond donors (Lipinski definition) is 4. The Kier molecular flexibility index (Phi) is 17.2. The lowest BCUT2D eigenvalue weighted by molar-refractivity contribution is -0.146. The van der Waals surface area contributed by atoms with Crippen molar-refractivity contribution in [3.63, 3.8) is 0 Å². The molecule has 1 heterocycles. The van der Waals surface area contributed by atoms with Crippen LogP contribution in [0.25, 0.3) is 0 Å². The summed E-state index contributed by atoms with van der Waals surface area (Å²) < 4.78 is 33.8. The summed E-state index contributed by atoms with van der Waals surface area (Å²) in [7, 11) is 4.78. The Bertz CT molecular complexity index is 1260. The molecule has 0 radical (unpaired) electrons. The molecular weight excluding hydrogens is 648 g/mol. The lowest BCUT2D eigenvalue weighted by Crippen LogP contribution is -2.59. The number of amides is 4. The van der Waals surface area contributed by atoms with Crippen molar-refractivity contribution in [3.05, 3.63) is 35.4 Å². The smallest absolute Gasteiger partial charge is 0.245 e. The maximum Gasteiger partial charge on any atom is 0.245 e. The Morgan fingerprint density at radius 3 is 2.14 bits per heavy atom. The van der Waals surface area contributed by atoms with Crippen molar-refractivity contribution in [1.82, 2.24) is 25.8 Å². The number of carbonyl (C=O) groups is 4. The zero-order chi connectivity index (χ0) is 37.9. The van der Waals surface area contributed by atoms with E-state index in [1.165, 1.54) is 30.2 Å². The number of aliphatic hydroxyl groups is 1. The van der Waals surface area contributed by atoms with Gasteiger partial charge in [-0.15, -0.1) is 0 Å². The van der Waals surface area contributed by atoms with Crippen molar-refractivity contribution < 1.29 is 37.8 Å². The first-order valence-corrected chi connectivity index (χ1v) is 18.0. The van der Waals surface area contributed by atoms with Gasteiger partial charge in [0.05, 0.1) is 42.7 Å². The number of benzene rings is 1. The summed E-state index contributed by atoms with van der Waals surface area (Å²) in [5, 5.41) is 20.2. The number of hydrogen-bond acceptors (Lipinski definition) is 7. The van der Waals surface area contributed by atoms with Crippen molar-refractivity contribution in [3.8, 4) is 0 Å². The van der Waals surface area contributed by atoms with E-state index in [1.54, 1.807) is 25.9 Å². The Morgan fingerprint density at radius 2 is 1.62 bits per heavy atom. The second-order valence-electron chi connectivity index (χ2n) is 14.4. The Hall–Kier alpha value is -3.16. The van der Waals surface area contributed by atoms with Crippen molar-refractivity contribution in [2.24, 2.45) is 23.7 Å². The molecule has 1 aliphatic heterocycles. The van der Waals surface area contributed by atoms with Crippen LogP contribution >= 0.6 is 0 Å². The van der Waals surface area contributed by atoms with Crippen molar-refractivity contribution in [1.29, 1.82) is 0 Å². The fourth-order valence-corrected chi connectivity index (χ4v) is 7.10. The molecule has 1 fully saturated rings. The molecule has 1 aromatic carbocycles. The van der Waals surface area contributed by atoms with Gasteiger partial charge in [-0.3, -0.25) is 19.2 Å². The van der Waals surface area contributed by atoms with E-state index in [4.69, 9.17) is 4.74 Å². The number of ether oxygens (including phenoxy) is 1. The summed E-state index contributed by atoms with van der Waals surface area (Å²) in [4.78, 5) is 57.0. The molecule has 11 nitrogen and oxygen atoms in total. The molecular formula is C37H61F2N5O6. The van der Waals surface area contributed by atoms with E-state index >= 15 is 0 Å². The lowest BCUT2D eigenvalue weighted by Gasteiger charge is -2.39. The lowest BCUT2D eigenvalue weighted by atomic mass is 9.89. The first-order chi connectivity index (χ1) is 23.5. The Morgan fingerprint density at radius 1 is 1.02 bits per heavy atom. The van der Waals surface area contributed by atoms with Gasteiger partial charge in [0.25, 0.3) is 0 Å². The van der Waals surface area contributed by atoms with Crippen LogP contribution in [0.3, 0.4) is 0 Å². The van der Waals surface area contributed by atoms with E-state index in [-0.39, 0.29) is 66.3 Å². The van der Waals surface area contributed by atoms with Gasteiger partial charge in [0.15, 0.2) is 0 Å². The summed E-state index contributed by atoms with van der Waals surface area (Å²) in [6.45, 7) is 13.5. The average molecular weight is 710 g/mol. The maximum absolute atomic E-state index is 14.0. The zero-order valence-corrected chi connectivity index (χ0v) is 31.6. The van der Waals surface area contributed by atoms with Gasteiger partial charge in [-0.05, 0) is 56.2 Å². The molecule has 0 bridgehead atoms. The molecule has 4 amide bonds. The highest BCUT2D eigenvalue weighted by Crippen LogP contribution is 2.29. The van der Waals surface area contributed by atoms with Crippen LogP contribution in [0.2, 0.25) is 0 Å². The van der Waals surface area contributed by atoms with Gasteiger partial charge in [0.1, 0.15) is 17.7 Å². The molecule has 13 heteroatoms. The molecule has 1 aromatic rings. The first kappa shape index (κ1) is 43.0. The minimum Gasteiger partial charge on any atom is -0.390 e. The maximum atomic E-state index is 14.0. The number of aliphatic hydroxyl groups excluding tert-OH is 1. The van der Waals surface area contributed by atoms with Crippen molar-refractivity contribution in [2.45, 2.75) is 117 Å². The number of carbonyl (C=O) groups excluding carboxylic acids is 4. The van der Waals surface area contributed by atoms with Crippen molar-refractivity contribution >= 4 is 23.6 Å². The number of likely N-dealkylation sites (N-methyl/N-ethyl adjacent to an activating group) is 2. The van der Waals surface area contributed by atoms with Crippen LogP contribution in [-0.4, -0.2) is 109 Å². The molecule has 284 valence electrons. The normalized spacial score (nSPS) is 19.0. The minimum absolute atomic E-state index is 0.00218. The van der Waals surface area contributed by atoms with E-state index < -0.39 is 53.9 Å². The third-order valence-electron chi connectivity index (χ3n) is 10.2. The van der Waals surface area contributed by atoms with Crippen LogP contribution in [0.1, 0.15) is 79.7 Å². The highest BCUT2D eigenvalue weighted by Gasteiger charge is 2.42. The summed E-state index contributed by atoms with van der Waals surface area (Å²) in [6.07, 6.45) is -0.227. The molecule has 8 atom stereocenters. The molecule has 0 unspecified atom stereocenters. The van der Waals surface area contributed by atoms with Crippen LogP contribution < -0.4 is 16.0 Å². The second-order valence-corrected chi connectivity index (χ2v) is 14.4. The third-order valence-corrected chi connectivity index (χ3v) is 10.2. The predicted octanol–water partition coefficient (Wildman–Crippen LogP) is 3.27. The highest BCUT2D eigenvalue weighted by molar-refractivity contribution is 5.90. The molecule has 0 aromatic heterocycles. The SMILES string of the molecule is CC[C@H](C)[C@@H]([C@H](O)CC(=O)N1CCC[C@H]1[C@H](OC)[C@@H](C)C(=O)NCCc1c(F)cccc1F)N(C)C(=O)[C@@H](NC(=O)[C@@H](NC)C(C)C)C(C)C. The van der Waals surface area contributed by atoms with Gasteiger partial charge in [0.2, 0.25) is 23.6 Å². The van der Waals surface area contributed by atoms with Gasteiger partial charge in [-0.2, -0.15) is 0 Å². The first-order valence-electron chi connectivity index (χ1n) is 18.0. The largest absolute Gasteiger partial charge is 0.390 e. The minimum atomic E-state index is -1.20.